The van der Waals surface area contributed by atoms with Crippen molar-refractivity contribution in [3.8, 4) is 11.3 Å². The lowest BCUT2D eigenvalue weighted by molar-refractivity contribution is -0.148. The zero-order valence-corrected chi connectivity index (χ0v) is 24.6. The summed E-state index contributed by atoms with van der Waals surface area (Å²) < 4.78 is 51.1. The molecule has 5 rings (SSSR count). The van der Waals surface area contributed by atoms with E-state index < -0.39 is 36.3 Å². The number of alkyl halides is 3. The molecule has 8 nitrogen and oxygen atoms in total. The molecule has 1 aromatic carbocycles. The number of pyridine rings is 1. The number of nitrogens with one attached hydrogen (secondary N) is 1. The lowest BCUT2D eigenvalue weighted by atomic mass is 9.93. The highest BCUT2D eigenvalue weighted by molar-refractivity contribution is 5.82. The Bertz CT molecular complexity index is 1410. The highest BCUT2D eigenvalue weighted by Gasteiger charge is 2.44. The van der Waals surface area contributed by atoms with Crippen LogP contribution in [0.3, 0.4) is 0 Å². The molecule has 43 heavy (non-hydrogen) atoms. The number of ether oxygens (including phenoxy) is 1. The van der Waals surface area contributed by atoms with E-state index >= 15 is 0 Å². The van der Waals surface area contributed by atoms with Gasteiger partial charge in [0.25, 0.3) is 0 Å². The lowest BCUT2D eigenvalue weighted by Crippen LogP contribution is -2.63. The van der Waals surface area contributed by atoms with Crippen LogP contribution in [0.5, 0.6) is 0 Å². The highest BCUT2D eigenvalue weighted by atomic mass is 19.4. The van der Waals surface area contributed by atoms with Gasteiger partial charge in [-0.1, -0.05) is 30.3 Å². The van der Waals surface area contributed by atoms with E-state index in [0.717, 1.165) is 22.5 Å². The fourth-order valence-corrected chi connectivity index (χ4v) is 6.15. The molecule has 2 aliphatic rings. The van der Waals surface area contributed by atoms with Crippen molar-refractivity contribution in [2.24, 2.45) is 5.92 Å². The number of aromatic nitrogens is 1. The van der Waals surface area contributed by atoms with E-state index in [-0.39, 0.29) is 25.0 Å². The van der Waals surface area contributed by atoms with Crippen LogP contribution < -0.4 is 5.32 Å². The van der Waals surface area contributed by atoms with Gasteiger partial charge in [0.1, 0.15) is 30.2 Å². The number of piperazine rings is 1. The Hall–Kier alpha value is -3.70. The first kappa shape index (κ1) is 30.7. The number of cyclic esters (lactones) is 1. The van der Waals surface area contributed by atoms with Crippen molar-refractivity contribution >= 4 is 11.9 Å². The monoisotopic (exact) mass is 598 g/mol. The number of hydrogen-bond acceptors (Lipinski definition) is 7. The Morgan fingerprint density at radius 3 is 2.51 bits per heavy atom. The summed E-state index contributed by atoms with van der Waals surface area (Å²) in [4.78, 5) is 33.9. The van der Waals surface area contributed by atoms with Gasteiger partial charge in [-0.15, -0.1) is 0 Å². The van der Waals surface area contributed by atoms with Crippen molar-refractivity contribution in [1.29, 1.82) is 0 Å². The molecule has 1 N–H and O–H groups in total. The second-order valence-corrected chi connectivity index (χ2v) is 11.9. The Morgan fingerprint density at radius 1 is 1.09 bits per heavy atom. The number of furan rings is 1. The molecule has 11 heteroatoms. The van der Waals surface area contributed by atoms with Gasteiger partial charge in [0.05, 0.1) is 11.5 Å². The van der Waals surface area contributed by atoms with Crippen molar-refractivity contribution in [3.63, 3.8) is 0 Å². The molecule has 0 bridgehead atoms. The summed E-state index contributed by atoms with van der Waals surface area (Å²) >= 11 is 0. The van der Waals surface area contributed by atoms with Crippen LogP contribution in [0.1, 0.15) is 37.2 Å². The average molecular weight is 599 g/mol. The largest absolute Gasteiger partial charge is 0.461 e. The van der Waals surface area contributed by atoms with Crippen LogP contribution in [-0.4, -0.2) is 77.7 Å². The molecule has 3 aromatic rings. The number of hydrogen-bond donors (Lipinski definition) is 1. The molecule has 2 saturated heterocycles. The third kappa shape index (κ3) is 7.27. The molecule has 4 heterocycles. The predicted molar refractivity (Wildman–Crippen MR) is 154 cm³/mol. The second-order valence-electron chi connectivity index (χ2n) is 11.9. The van der Waals surface area contributed by atoms with Crippen LogP contribution in [0.2, 0.25) is 0 Å². The highest BCUT2D eigenvalue weighted by Crippen LogP contribution is 2.37. The summed E-state index contributed by atoms with van der Waals surface area (Å²) in [6, 6.07) is 14.5. The number of esters is 1. The lowest BCUT2D eigenvalue weighted by Gasteiger charge is -2.47. The molecular weight excluding hydrogens is 561 g/mol. The van der Waals surface area contributed by atoms with Gasteiger partial charge in [-0.2, -0.15) is 13.2 Å². The number of halogens is 3. The van der Waals surface area contributed by atoms with E-state index in [2.05, 4.69) is 15.2 Å². The van der Waals surface area contributed by atoms with Gasteiger partial charge in [0, 0.05) is 44.1 Å². The van der Waals surface area contributed by atoms with E-state index in [1.54, 1.807) is 12.4 Å². The Morgan fingerprint density at radius 2 is 1.81 bits per heavy atom. The first-order valence-electron chi connectivity index (χ1n) is 14.5. The van der Waals surface area contributed by atoms with E-state index in [1.165, 1.54) is 0 Å². The minimum absolute atomic E-state index is 0.176. The maximum atomic E-state index is 13.2. The molecule has 0 radical (unpaired) electrons. The van der Waals surface area contributed by atoms with Crippen molar-refractivity contribution in [3.05, 3.63) is 77.8 Å². The number of rotatable bonds is 9. The van der Waals surface area contributed by atoms with Gasteiger partial charge in [0.2, 0.25) is 5.91 Å². The van der Waals surface area contributed by atoms with Crippen LogP contribution in [0, 0.1) is 12.8 Å². The van der Waals surface area contributed by atoms with Gasteiger partial charge in [0.15, 0.2) is 0 Å². The van der Waals surface area contributed by atoms with Crippen molar-refractivity contribution < 1.29 is 31.9 Å². The predicted octanol–water partition coefficient (Wildman–Crippen LogP) is 4.72. The van der Waals surface area contributed by atoms with E-state index in [4.69, 9.17) is 9.15 Å². The minimum atomic E-state index is -4.53. The van der Waals surface area contributed by atoms with Gasteiger partial charge >= 0.3 is 12.1 Å². The second kappa shape index (κ2) is 12.5. The maximum Gasteiger partial charge on any atom is 0.405 e. The zero-order valence-electron chi connectivity index (χ0n) is 24.6. The molecule has 2 fully saturated rings. The molecule has 0 aliphatic carbocycles. The molecule has 2 aromatic heterocycles. The van der Waals surface area contributed by atoms with Crippen LogP contribution >= 0.6 is 0 Å². The van der Waals surface area contributed by atoms with Crippen molar-refractivity contribution in [1.82, 2.24) is 20.1 Å². The average Bonchev–Trinajstić information content (AvgIpc) is 3.54. The first-order chi connectivity index (χ1) is 20.4. The molecule has 0 saturated carbocycles. The third-order valence-corrected chi connectivity index (χ3v) is 8.41. The summed E-state index contributed by atoms with van der Waals surface area (Å²) in [6.07, 6.45) is -0.570. The third-order valence-electron chi connectivity index (χ3n) is 8.41. The summed E-state index contributed by atoms with van der Waals surface area (Å²) in [5.74, 6) is 0.105. The van der Waals surface area contributed by atoms with E-state index in [1.807, 2.05) is 74.2 Å². The van der Waals surface area contributed by atoms with Crippen LogP contribution in [0.15, 0.2) is 65.3 Å². The van der Waals surface area contributed by atoms with E-state index in [9.17, 15) is 22.8 Å². The quantitative estimate of drug-likeness (QED) is 0.357. The normalized spacial score (nSPS) is 22.0. The molecule has 2 aliphatic heterocycles. The standard InChI is InChI=1S/C32H37F3N4O4/c1-21-15-27(23-9-11-36-12-10-23)43-28(21)31(2,3)39-14-13-38(26(19-39)29(40)37-20-32(33,34)35)18-25-17-24(30(41)42-25)16-22-7-5-4-6-8-22/h4-12,15,24-26H,13-14,16-20H2,1-3H3,(H,37,40)/t24-,25+,26+/m1/s1. The number of carbonyl (C=O) groups excluding carboxylic acids is 2. The fourth-order valence-electron chi connectivity index (χ4n) is 6.15. The fraction of sp³-hybridized carbons (Fsp3) is 0.469. The van der Waals surface area contributed by atoms with Crippen molar-refractivity contribution in [2.75, 3.05) is 32.7 Å². The maximum absolute atomic E-state index is 13.2. The summed E-state index contributed by atoms with van der Waals surface area (Å²) in [5.41, 5.74) is 2.18. The minimum Gasteiger partial charge on any atom is -0.461 e. The number of carbonyl (C=O) groups is 2. The summed E-state index contributed by atoms with van der Waals surface area (Å²) in [7, 11) is 0. The van der Waals surface area contributed by atoms with Gasteiger partial charge < -0.3 is 14.5 Å². The van der Waals surface area contributed by atoms with E-state index in [0.29, 0.717) is 31.7 Å². The molecular formula is C32H37F3N4O4. The topological polar surface area (TPSA) is 87.9 Å². The zero-order chi connectivity index (χ0) is 30.8. The molecule has 0 unspecified atom stereocenters. The van der Waals surface area contributed by atoms with Gasteiger partial charge in [-0.3, -0.25) is 24.4 Å². The SMILES string of the molecule is Cc1cc(-c2ccncc2)oc1C(C)(C)N1CCN(C[C@@H]2C[C@@H](Cc3ccccc3)C(=O)O2)[C@H](C(=O)NCC(F)(F)F)C1. The summed E-state index contributed by atoms with van der Waals surface area (Å²) in [6.45, 7) is 5.90. The number of nitrogens with zero attached hydrogens (tertiary/aromatic N) is 3. The van der Waals surface area contributed by atoms with Crippen molar-refractivity contribution in [2.45, 2.75) is 57.5 Å². The smallest absolute Gasteiger partial charge is 0.405 e. The molecule has 230 valence electrons. The Labute approximate surface area is 249 Å². The number of aryl methyl sites for hydroxylation is 1. The Kier molecular flexibility index (Phi) is 8.94. The molecule has 1 amide bonds. The summed E-state index contributed by atoms with van der Waals surface area (Å²) in [5, 5.41) is 2.08. The number of benzene rings is 1. The van der Waals surface area contributed by atoms with Crippen LogP contribution in [-0.2, 0) is 26.3 Å². The van der Waals surface area contributed by atoms with Crippen LogP contribution in [0.25, 0.3) is 11.3 Å². The van der Waals surface area contributed by atoms with Gasteiger partial charge in [-0.05, 0) is 62.9 Å². The first-order valence-corrected chi connectivity index (χ1v) is 14.5. The van der Waals surface area contributed by atoms with Crippen LogP contribution in [0.4, 0.5) is 13.2 Å². The molecule has 0 spiro atoms. The number of amides is 1. The molecule has 3 atom stereocenters. The Balaban J connectivity index is 1.32. The van der Waals surface area contributed by atoms with Gasteiger partial charge in [-0.25, -0.2) is 0 Å².